The van der Waals surface area contributed by atoms with Gasteiger partial charge in [0.2, 0.25) is 0 Å². The lowest BCUT2D eigenvalue weighted by Gasteiger charge is -2.23. The van der Waals surface area contributed by atoms with Gasteiger partial charge in [0.15, 0.2) is 0 Å². The number of rotatable bonds is 2. The van der Waals surface area contributed by atoms with Crippen molar-refractivity contribution in [2.75, 3.05) is 21.1 Å². The van der Waals surface area contributed by atoms with Crippen molar-refractivity contribution in [2.24, 2.45) is 0 Å². The fourth-order valence-corrected chi connectivity index (χ4v) is 1.13. The predicted molar refractivity (Wildman–Crippen MR) is 53.8 cm³/mol. The normalized spacial score (nSPS) is 9.57. The maximum atomic E-state index is 8.24. The molecule has 0 aromatic heterocycles. The molecular formula is C11H16N2O. The fourth-order valence-electron chi connectivity index (χ4n) is 1.13. The van der Waals surface area contributed by atoms with E-state index in [-0.39, 0.29) is 0 Å². The van der Waals surface area contributed by atoms with Crippen molar-refractivity contribution >= 4 is 0 Å². The lowest BCUT2D eigenvalue weighted by Crippen LogP contribution is -2.33. The summed E-state index contributed by atoms with van der Waals surface area (Å²) in [6.07, 6.45) is 0.500. The summed E-state index contributed by atoms with van der Waals surface area (Å²) in [6.45, 7) is 1.10. The highest BCUT2D eigenvalue weighted by Crippen LogP contribution is 2.04. The van der Waals surface area contributed by atoms with Crippen LogP contribution in [-0.2, 0) is 6.54 Å². The maximum absolute atomic E-state index is 8.24. The van der Waals surface area contributed by atoms with E-state index in [4.69, 9.17) is 10.4 Å². The summed E-state index contributed by atoms with van der Waals surface area (Å²) in [7, 11) is 6.60. The highest BCUT2D eigenvalue weighted by molar-refractivity contribution is 5.13. The molecule has 14 heavy (non-hydrogen) atoms. The number of hydrogen-bond donors (Lipinski definition) is 0. The molecule has 0 amide bonds. The van der Waals surface area contributed by atoms with Crippen molar-refractivity contribution in [1.82, 2.24) is 0 Å². The van der Waals surface area contributed by atoms with Crippen molar-refractivity contribution in [3.8, 4) is 6.26 Å². The van der Waals surface area contributed by atoms with Gasteiger partial charge >= 0.3 is 0 Å². The van der Waals surface area contributed by atoms with E-state index in [1.165, 1.54) is 5.56 Å². The van der Waals surface area contributed by atoms with Crippen molar-refractivity contribution < 1.29 is 9.59 Å². The first-order valence-electron chi connectivity index (χ1n) is 4.35. The van der Waals surface area contributed by atoms with Gasteiger partial charge < -0.3 is 9.59 Å². The van der Waals surface area contributed by atoms with Crippen LogP contribution in [-0.4, -0.2) is 25.6 Å². The molecule has 3 nitrogen and oxygen atoms in total. The van der Waals surface area contributed by atoms with Crippen LogP contribution >= 0.6 is 0 Å². The number of nitrogens with zero attached hydrogens (tertiary/aromatic N) is 2. The van der Waals surface area contributed by atoms with Crippen molar-refractivity contribution in [1.29, 1.82) is 5.26 Å². The first-order valence-corrected chi connectivity index (χ1v) is 4.35. The van der Waals surface area contributed by atoms with Crippen LogP contribution in [0.15, 0.2) is 30.3 Å². The molecule has 76 valence electrons. The molecule has 0 aliphatic carbocycles. The third-order valence-electron chi connectivity index (χ3n) is 1.50. The summed E-state index contributed by atoms with van der Waals surface area (Å²) in [4.78, 5) is 0. The number of hydrogen-bond acceptors (Lipinski definition) is 2. The van der Waals surface area contributed by atoms with Crippen LogP contribution in [0.25, 0.3) is 0 Å². The van der Waals surface area contributed by atoms with E-state index in [2.05, 4.69) is 51.5 Å². The van der Waals surface area contributed by atoms with E-state index in [0.717, 1.165) is 11.0 Å². The van der Waals surface area contributed by atoms with Crippen LogP contribution < -0.4 is 5.11 Å². The van der Waals surface area contributed by atoms with Crippen molar-refractivity contribution in [2.45, 2.75) is 6.54 Å². The van der Waals surface area contributed by atoms with Gasteiger partial charge in [0.05, 0.1) is 21.1 Å². The summed E-state index contributed by atoms with van der Waals surface area (Å²) in [6, 6.07) is 10.6. The number of nitriles is 1. The minimum atomic E-state index is 0.500. The third-order valence-corrected chi connectivity index (χ3v) is 1.50. The monoisotopic (exact) mass is 192 g/mol. The van der Waals surface area contributed by atoms with Crippen LogP contribution in [0.1, 0.15) is 5.56 Å². The van der Waals surface area contributed by atoms with Crippen molar-refractivity contribution in [3.63, 3.8) is 0 Å². The van der Waals surface area contributed by atoms with E-state index >= 15 is 0 Å². The summed E-state index contributed by atoms with van der Waals surface area (Å²) in [5.74, 6) is 0. The Hall–Kier alpha value is -1.53. The second kappa shape index (κ2) is 6.01. The molecule has 0 bridgehead atoms. The van der Waals surface area contributed by atoms with Gasteiger partial charge in [0.25, 0.3) is 0 Å². The first-order chi connectivity index (χ1) is 6.49. The van der Waals surface area contributed by atoms with Gasteiger partial charge in [-0.1, -0.05) is 30.3 Å². The lowest BCUT2D eigenvalue weighted by molar-refractivity contribution is -0.884. The molecule has 0 aliphatic rings. The molecule has 1 rings (SSSR count). The molecule has 1 aromatic rings. The second-order valence-corrected chi connectivity index (χ2v) is 4.03. The Morgan fingerprint density at radius 2 is 1.64 bits per heavy atom. The molecule has 0 atom stereocenters. The van der Waals surface area contributed by atoms with E-state index < -0.39 is 0 Å². The molecular weight excluding hydrogens is 176 g/mol. The van der Waals surface area contributed by atoms with Crippen molar-refractivity contribution in [3.05, 3.63) is 35.9 Å². The number of quaternary nitrogens is 1. The molecule has 0 heterocycles. The largest absolute Gasteiger partial charge is 0.812 e. The van der Waals surface area contributed by atoms with Crippen LogP contribution in [0.4, 0.5) is 0 Å². The maximum Gasteiger partial charge on any atom is 0.104 e. The second-order valence-electron chi connectivity index (χ2n) is 4.03. The lowest BCUT2D eigenvalue weighted by atomic mass is 10.2. The Balaban J connectivity index is 0.000000500. The van der Waals surface area contributed by atoms with Crippen LogP contribution in [0.3, 0.4) is 0 Å². The van der Waals surface area contributed by atoms with Gasteiger partial charge in [-0.05, 0) is 0 Å². The predicted octanol–water partition coefficient (Wildman–Crippen LogP) is 0.721. The Kier molecular flexibility index (Phi) is 5.35. The van der Waals surface area contributed by atoms with Crippen LogP contribution in [0.2, 0.25) is 0 Å². The zero-order valence-corrected chi connectivity index (χ0v) is 8.90. The van der Waals surface area contributed by atoms with E-state index in [0.29, 0.717) is 6.26 Å². The minimum absolute atomic E-state index is 0.500. The summed E-state index contributed by atoms with van der Waals surface area (Å²) >= 11 is 0. The van der Waals surface area contributed by atoms with Gasteiger partial charge in [-0.25, -0.2) is 5.26 Å². The SMILES string of the molecule is C[N+](C)(C)Cc1ccccc1.N#C[O-]. The summed E-state index contributed by atoms with van der Waals surface area (Å²) in [5.41, 5.74) is 1.40. The molecule has 1 aromatic carbocycles. The highest BCUT2D eigenvalue weighted by atomic mass is 16.2. The first kappa shape index (κ1) is 12.5. The summed E-state index contributed by atoms with van der Waals surface area (Å²) < 4.78 is 0.990. The smallest absolute Gasteiger partial charge is 0.104 e. The topological polar surface area (TPSA) is 46.8 Å². The Bertz CT molecular complexity index is 282. The van der Waals surface area contributed by atoms with Gasteiger partial charge in [-0.3, -0.25) is 0 Å². The van der Waals surface area contributed by atoms with Crippen LogP contribution in [0, 0.1) is 11.5 Å². The average molecular weight is 192 g/mol. The standard InChI is InChI=1S/C10H16N.CHNO/c1-11(2,3)9-10-7-5-4-6-8-10;2-1-3/h4-8H,9H2,1-3H3;3H/q+1;/p-1. The molecule has 3 heteroatoms. The number of benzene rings is 1. The molecule has 0 fully saturated rings. The Morgan fingerprint density at radius 3 is 2.00 bits per heavy atom. The zero-order chi connectivity index (χ0) is 11.0. The van der Waals surface area contributed by atoms with Crippen LogP contribution in [0.5, 0.6) is 0 Å². The molecule has 0 saturated heterocycles. The Labute approximate surface area is 85.4 Å². The zero-order valence-electron chi connectivity index (χ0n) is 8.90. The van der Waals surface area contributed by atoms with Gasteiger partial charge in [-0.15, -0.1) is 0 Å². The highest BCUT2D eigenvalue weighted by Gasteiger charge is 2.06. The third kappa shape index (κ3) is 7.14. The molecule has 0 N–H and O–H groups in total. The van der Waals surface area contributed by atoms with Gasteiger partial charge in [0, 0.05) is 11.8 Å². The average Bonchev–Trinajstić information content (AvgIpc) is 2.04. The van der Waals surface area contributed by atoms with E-state index in [1.807, 2.05) is 0 Å². The molecule has 0 spiro atoms. The molecule has 0 radical (unpaired) electrons. The fraction of sp³-hybridized carbons (Fsp3) is 0.364. The van der Waals surface area contributed by atoms with E-state index in [9.17, 15) is 0 Å². The summed E-state index contributed by atoms with van der Waals surface area (Å²) in [5, 5.41) is 15.0. The Morgan fingerprint density at radius 1 is 1.21 bits per heavy atom. The van der Waals surface area contributed by atoms with Gasteiger partial charge in [-0.2, -0.15) is 0 Å². The molecule has 0 unspecified atom stereocenters. The minimum Gasteiger partial charge on any atom is -0.812 e. The molecule has 0 saturated carbocycles. The quantitative estimate of drug-likeness (QED) is 0.512. The van der Waals surface area contributed by atoms with E-state index in [1.54, 1.807) is 0 Å². The van der Waals surface area contributed by atoms with Gasteiger partial charge in [0.1, 0.15) is 6.54 Å². The molecule has 0 aliphatic heterocycles.